The van der Waals surface area contributed by atoms with Crippen LogP contribution < -0.4 is 5.73 Å². The standard InChI is InChI=1S/C9H4F7NO/c10-6-2-5(9(14,15)16)4(8(11,12)13)1-3(6)7(17)18/h1-2H,(H2,17,18). The summed E-state index contributed by atoms with van der Waals surface area (Å²) in [5.74, 6) is -3.35. The first-order valence-corrected chi connectivity index (χ1v) is 4.22. The average molecular weight is 275 g/mol. The van der Waals surface area contributed by atoms with Crippen LogP contribution in [0, 0.1) is 5.82 Å². The van der Waals surface area contributed by atoms with Crippen molar-refractivity contribution in [3.05, 3.63) is 34.6 Å². The van der Waals surface area contributed by atoms with Gasteiger partial charge in [0.05, 0.1) is 16.7 Å². The van der Waals surface area contributed by atoms with E-state index in [1.54, 1.807) is 0 Å². The maximum absolute atomic E-state index is 13.0. The summed E-state index contributed by atoms with van der Waals surface area (Å²) in [6.45, 7) is 0. The highest BCUT2D eigenvalue weighted by Crippen LogP contribution is 2.41. The Labute approximate surface area is 95.2 Å². The van der Waals surface area contributed by atoms with Crippen molar-refractivity contribution in [1.82, 2.24) is 0 Å². The second kappa shape index (κ2) is 4.14. The molecule has 1 rings (SSSR count). The van der Waals surface area contributed by atoms with Gasteiger partial charge in [0.2, 0.25) is 0 Å². The van der Waals surface area contributed by atoms with E-state index < -0.39 is 46.8 Å². The topological polar surface area (TPSA) is 43.1 Å². The highest BCUT2D eigenvalue weighted by molar-refractivity contribution is 5.93. The van der Waals surface area contributed by atoms with E-state index in [2.05, 4.69) is 5.73 Å². The zero-order valence-electron chi connectivity index (χ0n) is 8.29. The van der Waals surface area contributed by atoms with Crippen molar-refractivity contribution >= 4 is 5.91 Å². The van der Waals surface area contributed by atoms with Gasteiger partial charge in [-0.3, -0.25) is 4.79 Å². The fourth-order valence-electron chi connectivity index (χ4n) is 1.23. The van der Waals surface area contributed by atoms with Crippen LogP contribution in [0.3, 0.4) is 0 Å². The van der Waals surface area contributed by atoms with Crippen LogP contribution in [-0.4, -0.2) is 5.91 Å². The second-order valence-electron chi connectivity index (χ2n) is 3.24. The van der Waals surface area contributed by atoms with Crippen molar-refractivity contribution < 1.29 is 35.5 Å². The number of rotatable bonds is 1. The molecular weight excluding hydrogens is 271 g/mol. The quantitative estimate of drug-likeness (QED) is 0.787. The number of hydrogen-bond donors (Lipinski definition) is 1. The van der Waals surface area contributed by atoms with Crippen LogP contribution in [-0.2, 0) is 12.4 Å². The number of carbonyl (C=O) groups excluding carboxylic acids is 1. The van der Waals surface area contributed by atoms with Crippen molar-refractivity contribution in [2.24, 2.45) is 5.73 Å². The number of benzene rings is 1. The van der Waals surface area contributed by atoms with E-state index in [1.165, 1.54) is 0 Å². The van der Waals surface area contributed by atoms with E-state index in [-0.39, 0.29) is 6.07 Å². The summed E-state index contributed by atoms with van der Waals surface area (Å²) < 4.78 is 87.1. The van der Waals surface area contributed by atoms with Crippen LogP contribution in [0.2, 0.25) is 0 Å². The number of halogens is 7. The molecule has 0 aliphatic carbocycles. The summed E-state index contributed by atoms with van der Waals surface area (Å²) in [4.78, 5) is 10.6. The Balaban J connectivity index is 3.64. The molecule has 1 amide bonds. The first-order chi connectivity index (χ1) is 7.94. The summed E-state index contributed by atoms with van der Waals surface area (Å²) >= 11 is 0. The van der Waals surface area contributed by atoms with E-state index in [4.69, 9.17) is 0 Å². The third-order valence-corrected chi connectivity index (χ3v) is 1.98. The van der Waals surface area contributed by atoms with Crippen LogP contribution >= 0.6 is 0 Å². The smallest absolute Gasteiger partial charge is 0.366 e. The van der Waals surface area contributed by atoms with Gasteiger partial charge in [-0.1, -0.05) is 0 Å². The zero-order chi connectivity index (χ0) is 14.3. The van der Waals surface area contributed by atoms with Gasteiger partial charge in [0.25, 0.3) is 5.91 Å². The molecule has 0 aliphatic rings. The van der Waals surface area contributed by atoms with Crippen LogP contribution in [0.4, 0.5) is 30.7 Å². The predicted molar refractivity (Wildman–Crippen MR) is 44.9 cm³/mol. The van der Waals surface area contributed by atoms with Crippen molar-refractivity contribution in [1.29, 1.82) is 0 Å². The highest BCUT2D eigenvalue weighted by atomic mass is 19.4. The van der Waals surface area contributed by atoms with E-state index >= 15 is 0 Å². The van der Waals surface area contributed by atoms with Gasteiger partial charge in [-0.15, -0.1) is 0 Å². The molecule has 1 aromatic rings. The Morgan fingerprint density at radius 1 is 0.944 bits per heavy atom. The number of nitrogens with two attached hydrogens (primary N) is 1. The van der Waals surface area contributed by atoms with Crippen molar-refractivity contribution in [3.8, 4) is 0 Å². The van der Waals surface area contributed by atoms with Gasteiger partial charge < -0.3 is 5.73 Å². The zero-order valence-corrected chi connectivity index (χ0v) is 8.29. The molecule has 0 saturated carbocycles. The molecule has 0 radical (unpaired) electrons. The molecule has 0 unspecified atom stereocenters. The maximum atomic E-state index is 13.0. The lowest BCUT2D eigenvalue weighted by Crippen LogP contribution is -2.21. The number of amides is 1. The molecule has 0 heterocycles. The lowest BCUT2D eigenvalue weighted by Gasteiger charge is -2.16. The molecule has 1 aromatic carbocycles. The Morgan fingerprint density at radius 2 is 1.33 bits per heavy atom. The SMILES string of the molecule is NC(=O)c1cc(C(F)(F)F)c(C(F)(F)F)cc1F. The molecule has 0 spiro atoms. The van der Waals surface area contributed by atoms with Crippen molar-refractivity contribution in [2.75, 3.05) is 0 Å². The lowest BCUT2D eigenvalue weighted by atomic mass is 10.0. The van der Waals surface area contributed by atoms with E-state index in [0.29, 0.717) is 0 Å². The van der Waals surface area contributed by atoms with Gasteiger partial charge in [0, 0.05) is 0 Å². The van der Waals surface area contributed by atoms with E-state index in [0.717, 1.165) is 0 Å². The van der Waals surface area contributed by atoms with Gasteiger partial charge in [0.1, 0.15) is 5.82 Å². The third-order valence-electron chi connectivity index (χ3n) is 1.98. The number of primary amides is 1. The van der Waals surface area contributed by atoms with Crippen LogP contribution in [0.1, 0.15) is 21.5 Å². The molecule has 100 valence electrons. The minimum absolute atomic E-state index is 0.250. The predicted octanol–water partition coefficient (Wildman–Crippen LogP) is 2.96. The monoisotopic (exact) mass is 275 g/mol. The van der Waals surface area contributed by atoms with Gasteiger partial charge in [-0.05, 0) is 12.1 Å². The number of hydrogen-bond acceptors (Lipinski definition) is 1. The summed E-state index contributed by atoms with van der Waals surface area (Å²) in [6, 6.07) is -0.649. The minimum Gasteiger partial charge on any atom is -0.366 e. The lowest BCUT2D eigenvalue weighted by molar-refractivity contribution is -0.162. The summed E-state index contributed by atoms with van der Waals surface area (Å²) in [6.07, 6.45) is -10.8. The van der Waals surface area contributed by atoms with Crippen LogP contribution in [0.25, 0.3) is 0 Å². The minimum atomic E-state index is -5.40. The summed E-state index contributed by atoms with van der Waals surface area (Å²) in [5, 5.41) is 0. The molecule has 0 fully saturated rings. The average Bonchev–Trinajstić information content (AvgIpc) is 2.13. The molecule has 2 nitrogen and oxygen atoms in total. The van der Waals surface area contributed by atoms with Crippen molar-refractivity contribution in [2.45, 2.75) is 12.4 Å². The van der Waals surface area contributed by atoms with Crippen molar-refractivity contribution in [3.63, 3.8) is 0 Å². The highest BCUT2D eigenvalue weighted by Gasteiger charge is 2.44. The number of alkyl halides is 6. The van der Waals surface area contributed by atoms with Crippen LogP contribution in [0.5, 0.6) is 0 Å². The fourth-order valence-corrected chi connectivity index (χ4v) is 1.23. The Morgan fingerprint density at radius 3 is 1.67 bits per heavy atom. The Hall–Kier alpha value is -1.80. The largest absolute Gasteiger partial charge is 0.417 e. The normalized spacial score (nSPS) is 12.6. The van der Waals surface area contributed by atoms with Gasteiger partial charge >= 0.3 is 12.4 Å². The molecule has 2 N–H and O–H groups in total. The summed E-state index contributed by atoms with van der Waals surface area (Å²) in [7, 11) is 0. The molecule has 18 heavy (non-hydrogen) atoms. The molecule has 0 atom stereocenters. The maximum Gasteiger partial charge on any atom is 0.417 e. The molecule has 0 aromatic heterocycles. The van der Waals surface area contributed by atoms with Gasteiger partial charge in [-0.25, -0.2) is 4.39 Å². The molecular formula is C9H4F7NO. The summed E-state index contributed by atoms with van der Waals surface area (Å²) in [5.41, 5.74) is -1.07. The molecule has 0 saturated heterocycles. The van der Waals surface area contributed by atoms with E-state index in [1.807, 2.05) is 0 Å². The number of carbonyl (C=O) groups is 1. The third kappa shape index (κ3) is 2.71. The van der Waals surface area contributed by atoms with Gasteiger partial charge in [0.15, 0.2) is 0 Å². The first kappa shape index (κ1) is 14.3. The van der Waals surface area contributed by atoms with E-state index in [9.17, 15) is 35.5 Å². The molecule has 9 heteroatoms. The first-order valence-electron chi connectivity index (χ1n) is 4.22. The Bertz CT molecular complexity index is 489. The Kier molecular flexibility index (Phi) is 3.28. The molecule has 0 bridgehead atoms. The molecule has 0 aliphatic heterocycles. The van der Waals surface area contributed by atoms with Crippen LogP contribution in [0.15, 0.2) is 12.1 Å². The fraction of sp³-hybridized carbons (Fsp3) is 0.222. The second-order valence-corrected chi connectivity index (χ2v) is 3.24. The van der Waals surface area contributed by atoms with Gasteiger partial charge in [-0.2, -0.15) is 26.3 Å².